The van der Waals surface area contributed by atoms with Crippen LogP contribution in [0.1, 0.15) is 6.42 Å². The number of rotatable bonds is 2. The molecule has 0 radical (unpaired) electrons. The zero-order valence-electron chi connectivity index (χ0n) is 6.40. The van der Waals surface area contributed by atoms with E-state index in [-0.39, 0.29) is 0 Å². The van der Waals surface area contributed by atoms with E-state index in [2.05, 4.69) is 0 Å². The molecule has 0 bridgehead atoms. The summed E-state index contributed by atoms with van der Waals surface area (Å²) in [4.78, 5) is 0. The van der Waals surface area contributed by atoms with Crippen LogP contribution in [-0.4, -0.2) is 17.9 Å². The Morgan fingerprint density at radius 2 is 2.45 bits per heavy atom. The maximum Gasteiger partial charge on any atom is 0.128 e. The third-order valence-corrected chi connectivity index (χ3v) is 1.86. The number of hydrogen-bond donors (Lipinski definition) is 3. The van der Waals surface area contributed by atoms with Crippen molar-refractivity contribution in [3.05, 3.63) is 23.8 Å². The van der Waals surface area contributed by atoms with E-state index in [4.69, 9.17) is 16.6 Å². The van der Waals surface area contributed by atoms with Crippen LogP contribution in [-0.2, 0) is 0 Å². The predicted octanol–water partition coefficient (Wildman–Crippen LogP) is -0.275. The molecule has 1 unspecified atom stereocenters. The van der Waals surface area contributed by atoms with Crippen LogP contribution < -0.4 is 11.5 Å². The van der Waals surface area contributed by atoms with Crippen molar-refractivity contribution in [2.75, 3.05) is 6.54 Å². The molecule has 0 aliphatic heterocycles. The fraction of sp³-hybridized carbons (Fsp3) is 0.500. The Hall–Kier alpha value is -0.640. The van der Waals surface area contributed by atoms with Gasteiger partial charge in [-0.2, -0.15) is 0 Å². The molecule has 0 heterocycles. The summed E-state index contributed by atoms with van der Waals surface area (Å²) in [5, 5.41) is 8.96. The molecule has 0 aromatic rings. The number of aliphatic hydroxyl groups is 1. The van der Waals surface area contributed by atoms with Crippen LogP contribution in [0.25, 0.3) is 0 Å². The van der Waals surface area contributed by atoms with Crippen molar-refractivity contribution in [3.8, 4) is 0 Å². The SMILES string of the molecule is NC[C@H]1C=CC(C(N)O)=CC1. The molecule has 0 aromatic carbocycles. The lowest BCUT2D eigenvalue weighted by Crippen LogP contribution is -2.23. The molecule has 1 aliphatic rings. The van der Waals surface area contributed by atoms with Gasteiger partial charge in [0.05, 0.1) is 0 Å². The summed E-state index contributed by atoms with van der Waals surface area (Å²) in [6.07, 6.45) is 5.81. The van der Waals surface area contributed by atoms with Gasteiger partial charge in [0.15, 0.2) is 0 Å². The van der Waals surface area contributed by atoms with Crippen molar-refractivity contribution in [1.82, 2.24) is 0 Å². The van der Waals surface area contributed by atoms with Gasteiger partial charge in [-0.15, -0.1) is 0 Å². The molecule has 62 valence electrons. The molecule has 0 fully saturated rings. The van der Waals surface area contributed by atoms with E-state index in [1.165, 1.54) is 0 Å². The molecule has 1 aliphatic carbocycles. The quantitative estimate of drug-likeness (QED) is 0.479. The van der Waals surface area contributed by atoms with E-state index >= 15 is 0 Å². The minimum absolute atomic E-state index is 0.414. The molecular formula is C8H14N2O. The summed E-state index contributed by atoms with van der Waals surface area (Å²) < 4.78 is 0. The molecule has 0 saturated heterocycles. The van der Waals surface area contributed by atoms with Crippen LogP contribution in [0.4, 0.5) is 0 Å². The molecular weight excluding hydrogens is 140 g/mol. The van der Waals surface area contributed by atoms with Gasteiger partial charge in [0, 0.05) is 0 Å². The fourth-order valence-corrected chi connectivity index (χ4v) is 1.08. The minimum Gasteiger partial charge on any atom is -0.375 e. The average Bonchev–Trinajstić information content (AvgIpc) is 2.05. The lowest BCUT2D eigenvalue weighted by atomic mass is 9.96. The third-order valence-electron chi connectivity index (χ3n) is 1.86. The fourth-order valence-electron chi connectivity index (χ4n) is 1.08. The van der Waals surface area contributed by atoms with Gasteiger partial charge in [-0.05, 0) is 24.5 Å². The van der Waals surface area contributed by atoms with Crippen LogP contribution in [0.2, 0.25) is 0 Å². The first-order chi connectivity index (χ1) is 5.24. The average molecular weight is 154 g/mol. The second kappa shape index (κ2) is 3.67. The molecule has 0 saturated carbocycles. The second-order valence-corrected chi connectivity index (χ2v) is 2.74. The van der Waals surface area contributed by atoms with E-state index in [0.29, 0.717) is 12.5 Å². The van der Waals surface area contributed by atoms with Gasteiger partial charge in [-0.1, -0.05) is 18.2 Å². The van der Waals surface area contributed by atoms with E-state index in [0.717, 1.165) is 12.0 Å². The first-order valence-corrected chi connectivity index (χ1v) is 3.76. The van der Waals surface area contributed by atoms with Gasteiger partial charge in [0.1, 0.15) is 6.23 Å². The third kappa shape index (κ3) is 2.15. The lowest BCUT2D eigenvalue weighted by Gasteiger charge is -2.15. The minimum atomic E-state index is -0.843. The van der Waals surface area contributed by atoms with Gasteiger partial charge < -0.3 is 16.6 Å². The smallest absolute Gasteiger partial charge is 0.128 e. The highest BCUT2D eigenvalue weighted by molar-refractivity contribution is 5.26. The molecule has 0 amide bonds. The molecule has 3 nitrogen and oxygen atoms in total. The van der Waals surface area contributed by atoms with Crippen LogP contribution in [0.15, 0.2) is 23.8 Å². The van der Waals surface area contributed by atoms with E-state index in [9.17, 15) is 0 Å². The molecule has 3 heteroatoms. The first-order valence-electron chi connectivity index (χ1n) is 3.76. The zero-order valence-corrected chi connectivity index (χ0v) is 6.40. The van der Waals surface area contributed by atoms with Crippen molar-refractivity contribution in [2.45, 2.75) is 12.6 Å². The van der Waals surface area contributed by atoms with Crippen LogP contribution >= 0.6 is 0 Å². The van der Waals surface area contributed by atoms with Crippen LogP contribution in [0, 0.1) is 5.92 Å². The largest absolute Gasteiger partial charge is 0.375 e. The standard InChI is InChI=1S/C8H14N2O/c9-5-6-1-3-7(4-2-6)8(10)11/h1,3-4,6,8,11H,2,5,9-10H2/t6-,8?/m0/s1. The summed E-state index contributed by atoms with van der Waals surface area (Å²) >= 11 is 0. The van der Waals surface area contributed by atoms with E-state index in [1.807, 2.05) is 18.2 Å². The normalized spacial score (nSPS) is 26.5. The van der Waals surface area contributed by atoms with Gasteiger partial charge >= 0.3 is 0 Å². The molecule has 2 atom stereocenters. The second-order valence-electron chi connectivity index (χ2n) is 2.74. The zero-order chi connectivity index (χ0) is 8.27. The lowest BCUT2D eigenvalue weighted by molar-refractivity contribution is 0.222. The van der Waals surface area contributed by atoms with Crippen molar-refractivity contribution in [1.29, 1.82) is 0 Å². The maximum atomic E-state index is 8.96. The van der Waals surface area contributed by atoms with E-state index < -0.39 is 6.23 Å². The van der Waals surface area contributed by atoms with E-state index in [1.54, 1.807) is 0 Å². The van der Waals surface area contributed by atoms with Gasteiger partial charge in [0.2, 0.25) is 0 Å². The highest BCUT2D eigenvalue weighted by atomic mass is 16.3. The number of allylic oxidation sites excluding steroid dienone is 1. The van der Waals surface area contributed by atoms with Crippen molar-refractivity contribution in [3.63, 3.8) is 0 Å². The Labute approximate surface area is 66.4 Å². The molecule has 0 aromatic heterocycles. The van der Waals surface area contributed by atoms with Crippen molar-refractivity contribution >= 4 is 0 Å². The van der Waals surface area contributed by atoms with Crippen molar-refractivity contribution < 1.29 is 5.11 Å². The summed E-state index contributed by atoms with van der Waals surface area (Å²) in [5.74, 6) is 0.414. The Bertz CT molecular complexity index is 185. The monoisotopic (exact) mass is 154 g/mol. The molecule has 1 rings (SSSR count). The Balaban J connectivity index is 2.53. The van der Waals surface area contributed by atoms with Crippen LogP contribution in [0.3, 0.4) is 0 Å². The highest BCUT2D eigenvalue weighted by Crippen LogP contribution is 2.15. The van der Waals surface area contributed by atoms with Gasteiger partial charge in [-0.3, -0.25) is 0 Å². The number of aliphatic hydroxyl groups excluding tert-OH is 1. The maximum absolute atomic E-state index is 8.96. The number of hydrogen-bond acceptors (Lipinski definition) is 3. The van der Waals surface area contributed by atoms with Gasteiger partial charge in [-0.25, -0.2) is 0 Å². The summed E-state index contributed by atoms with van der Waals surface area (Å²) in [6, 6.07) is 0. The molecule has 11 heavy (non-hydrogen) atoms. The first kappa shape index (κ1) is 8.46. The Kier molecular flexibility index (Phi) is 2.82. The predicted molar refractivity (Wildman–Crippen MR) is 44.6 cm³/mol. The topological polar surface area (TPSA) is 72.3 Å². The van der Waals surface area contributed by atoms with Gasteiger partial charge in [0.25, 0.3) is 0 Å². The summed E-state index contributed by atoms with van der Waals surface area (Å²) in [6.45, 7) is 0.654. The number of nitrogens with two attached hydrogens (primary N) is 2. The Morgan fingerprint density at radius 1 is 1.73 bits per heavy atom. The highest BCUT2D eigenvalue weighted by Gasteiger charge is 2.09. The molecule has 5 N–H and O–H groups in total. The molecule has 0 spiro atoms. The van der Waals surface area contributed by atoms with Crippen molar-refractivity contribution in [2.24, 2.45) is 17.4 Å². The summed E-state index contributed by atoms with van der Waals surface area (Å²) in [7, 11) is 0. The Morgan fingerprint density at radius 3 is 2.82 bits per heavy atom. The van der Waals surface area contributed by atoms with Crippen LogP contribution in [0.5, 0.6) is 0 Å². The summed E-state index contributed by atoms with van der Waals surface area (Å²) in [5.41, 5.74) is 11.5.